The molecule has 0 spiro atoms. The van der Waals surface area contributed by atoms with Gasteiger partial charge in [0.05, 0.1) is 12.7 Å². The summed E-state index contributed by atoms with van der Waals surface area (Å²) in [6.07, 6.45) is -6.35. The average molecular weight is 323 g/mol. The monoisotopic (exact) mass is 323 g/mol. The van der Waals surface area contributed by atoms with Crippen LogP contribution in [0.25, 0.3) is 0 Å². The van der Waals surface area contributed by atoms with Crippen LogP contribution in [0, 0.1) is 0 Å². The first-order valence-electron chi connectivity index (χ1n) is 6.13. The van der Waals surface area contributed by atoms with Crippen molar-refractivity contribution in [2.24, 2.45) is 4.99 Å². The molecule has 0 fully saturated rings. The first kappa shape index (κ1) is 20.1. The summed E-state index contributed by atoms with van der Waals surface area (Å²) in [5.41, 5.74) is 0. The zero-order valence-electron chi connectivity index (χ0n) is 11.3. The fourth-order valence-electron chi connectivity index (χ4n) is 1.23. The number of aliphatic imine (C=N–C) groups is 1. The number of isothiocyanates is 1. The summed E-state index contributed by atoms with van der Waals surface area (Å²) in [7, 11) is 0. The second-order valence-corrected chi connectivity index (χ2v) is 5.13. The highest BCUT2D eigenvalue weighted by Crippen LogP contribution is 2.06. The Bertz CT molecular complexity index is 397. The molecular formula is C12H21NO7S. The minimum absolute atomic E-state index is 0.271. The van der Waals surface area contributed by atoms with Crippen molar-refractivity contribution in [3.05, 3.63) is 12.7 Å². The van der Waals surface area contributed by atoms with E-state index >= 15 is 0 Å². The number of carbonyl (C=O) groups excluding carboxylic acids is 1. The van der Waals surface area contributed by atoms with Gasteiger partial charge in [0.1, 0.15) is 18.3 Å². The molecule has 0 aromatic carbocycles. The third-order valence-electron chi connectivity index (χ3n) is 2.48. The van der Waals surface area contributed by atoms with Crippen LogP contribution < -0.4 is 0 Å². The predicted octanol–water partition coefficient (Wildman–Crippen LogP) is -2.74. The smallest absolute Gasteiger partial charge is 0.285 e. The highest BCUT2D eigenvalue weighted by atomic mass is 32.1. The standard InChI is InChI=1S/C12H21NO7S/c1-2-3-7(15)5-21-6-13-12(20)11(19)10(18)9(17)8(16)4-14/h2,7-11,14-19,21H,1,3-5H2/t7?,8-,9-,10+,11-/m1/s1. The van der Waals surface area contributed by atoms with Gasteiger partial charge in [-0.15, -0.1) is 17.9 Å². The van der Waals surface area contributed by atoms with Crippen LogP contribution in [0.1, 0.15) is 6.42 Å². The predicted molar refractivity (Wildman–Crippen MR) is 78.2 cm³/mol. The number of carbonyl (C=O) groups is 1. The Kier molecular flexibility index (Phi) is 10.3. The molecule has 0 saturated heterocycles. The fraction of sp³-hybridized carbons (Fsp3) is 0.667. The molecule has 9 heteroatoms. The van der Waals surface area contributed by atoms with E-state index in [1.54, 1.807) is 0 Å². The van der Waals surface area contributed by atoms with Crippen molar-refractivity contribution in [2.75, 3.05) is 12.4 Å². The number of aliphatic hydroxyl groups excluding tert-OH is 6. The van der Waals surface area contributed by atoms with Gasteiger partial charge < -0.3 is 30.6 Å². The Hall–Kier alpha value is -0.900. The van der Waals surface area contributed by atoms with Crippen molar-refractivity contribution in [1.29, 1.82) is 0 Å². The van der Waals surface area contributed by atoms with Crippen molar-refractivity contribution in [1.82, 2.24) is 0 Å². The van der Waals surface area contributed by atoms with Crippen molar-refractivity contribution >= 4 is 22.4 Å². The Morgan fingerprint density at radius 3 is 2.38 bits per heavy atom. The summed E-state index contributed by atoms with van der Waals surface area (Å²) in [6, 6.07) is 0. The second kappa shape index (κ2) is 10.8. The Balaban J connectivity index is 4.50. The van der Waals surface area contributed by atoms with E-state index in [9.17, 15) is 25.2 Å². The lowest BCUT2D eigenvalue weighted by atomic mass is 10.0. The molecule has 0 rings (SSSR count). The number of hydrogen-bond donors (Lipinski definition) is 7. The lowest BCUT2D eigenvalue weighted by Crippen LogP contribution is -2.48. The summed E-state index contributed by atoms with van der Waals surface area (Å²) in [5.74, 6) is -0.884. The molecule has 0 bridgehead atoms. The summed E-state index contributed by atoms with van der Waals surface area (Å²) >= 11 is 0.405. The Morgan fingerprint density at radius 1 is 1.24 bits per heavy atom. The third-order valence-corrected chi connectivity index (χ3v) is 3.32. The maximum atomic E-state index is 11.4. The molecule has 5 atom stereocenters. The van der Waals surface area contributed by atoms with Crippen LogP contribution in [0.2, 0.25) is 0 Å². The molecule has 21 heavy (non-hydrogen) atoms. The van der Waals surface area contributed by atoms with Gasteiger partial charge in [0.25, 0.3) is 5.91 Å². The van der Waals surface area contributed by atoms with Gasteiger partial charge in [0.2, 0.25) is 0 Å². The van der Waals surface area contributed by atoms with Gasteiger partial charge in [0, 0.05) is 10.9 Å². The van der Waals surface area contributed by atoms with E-state index in [0.717, 1.165) is 0 Å². The number of nitrogens with zero attached hydrogens (tertiary/aromatic N) is 1. The normalized spacial score (nSPS) is 18.0. The van der Waals surface area contributed by atoms with Crippen LogP contribution in [0.3, 0.4) is 0 Å². The van der Waals surface area contributed by atoms with Crippen molar-refractivity contribution in [3.8, 4) is 0 Å². The van der Waals surface area contributed by atoms with E-state index in [4.69, 9.17) is 10.2 Å². The van der Waals surface area contributed by atoms with Gasteiger partial charge in [-0.1, -0.05) is 6.08 Å². The lowest BCUT2D eigenvalue weighted by Gasteiger charge is -2.23. The molecule has 0 aliphatic heterocycles. The number of hydrogen-bond acceptors (Lipinski definition) is 7. The first-order valence-corrected chi connectivity index (χ1v) is 7.21. The van der Waals surface area contributed by atoms with Gasteiger partial charge in [-0.25, -0.2) is 0 Å². The Labute approximate surface area is 125 Å². The van der Waals surface area contributed by atoms with Gasteiger partial charge in [-0.05, 0) is 6.42 Å². The SMILES string of the molecule is C=CCC(O)C[SH]=C=NC(=O)[C@H](O)[C@@H](O)[C@H](O)[C@H](O)CO. The zero-order chi connectivity index (χ0) is 16.4. The highest BCUT2D eigenvalue weighted by Gasteiger charge is 2.33. The maximum absolute atomic E-state index is 11.4. The van der Waals surface area contributed by atoms with Crippen LogP contribution in [0.15, 0.2) is 17.6 Å². The molecule has 0 aliphatic rings. The molecule has 122 valence electrons. The third kappa shape index (κ3) is 7.60. The molecule has 0 aromatic heterocycles. The van der Waals surface area contributed by atoms with Gasteiger partial charge in [0.15, 0.2) is 6.10 Å². The molecule has 1 unspecified atom stereocenters. The Morgan fingerprint density at radius 2 is 1.86 bits per heavy atom. The average Bonchev–Trinajstić information content (AvgIpc) is 2.48. The maximum Gasteiger partial charge on any atom is 0.285 e. The lowest BCUT2D eigenvalue weighted by molar-refractivity contribution is -0.145. The van der Waals surface area contributed by atoms with Crippen LogP contribution in [0.5, 0.6) is 0 Å². The molecule has 6 N–H and O–H groups in total. The van der Waals surface area contributed by atoms with Crippen LogP contribution in [0.4, 0.5) is 0 Å². The molecule has 8 nitrogen and oxygen atoms in total. The van der Waals surface area contributed by atoms with Crippen molar-refractivity contribution in [3.63, 3.8) is 0 Å². The number of amides is 1. The number of thiol groups is 1. The molecule has 0 saturated carbocycles. The summed E-state index contributed by atoms with van der Waals surface area (Å²) in [4.78, 5) is 14.6. The molecule has 0 aromatic rings. The highest BCUT2D eigenvalue weighted by molar-refractivity contribution is 7.97. The summed E-state index contributed by atoms with van der Waals surface area (Å²) in [6.45, 7) is 2.61. The summed E-state index contributed by atoms with van der Waals surface area (Å²) in [5, 5.41) is 57.5. The van der Waals surface area contributed by atoms with E-state index in [1.807, 2.05) is 0 Å². The number of rotatable bonds is 9. The molecule has 0 radical (unpaired) electrons. The van der Waals surface area contributed by atoms with E-state index in [2.05, 4.69) is 16.7 Å². The largest absolute Gasteiger partial charge is 0.394 e. The minimum atomic E-state index is -2.05. The van der Waals surface area contributed by atoms with Gasteiger partial charge >= 0.3 is 0 Å². The second-order valence-electron chi connectivity index (χ2n) is 4.24. The molecule has 0 aliphatic carbocycles. The quantitative estimate of drug-likeness (QED) is 0.105. The molecular weight excluding hydrogens is 302 g/mol. The van der Waals surface area contributed by atoms with Crippen LogP contribution in [-0.2, 0) is 4.79 Å². The van der Waals surface area contributed by atoms with E-state index in [0.29, 0.717) is 17.8 Å². The van der Waals surface area contributed by atoms with Gasteiger partial charge in [-0.2, -0.15) is 4.99 Å². The van der Waals surface area contributed by atoms with E-state index in [1.165, 1.54) is 6.08 Å². The number of aliphatic hydroxyl groups is 6. The van der Waals surface area contributed by atoms with Crippen LogP contribution >= 0.6 is 11.4 Å². The minimum Gasteiger partial charge on any atom is -0.394 e. The molecule has 0 heterocycles. The first-order chi connectivity index (χ1) is 9.84. The summed E-state index contributed by atoms with van der Waals surface area (Å²) < 4.78 is 0. The molecule has 1 amide bonds. The van der Waals surface area contributed by atoms with Crippen molar-refractivity contribution in [2.45, 2.75) is 36.9 Å². The van der Waals surface area contributed by atoms with Crippen molar-refractivity contribution < 1.29 is 35.4 Å². The van der Waals surface area contributed by atoms with E-state index in [-0.39, 0.29) is 5.75 Å². The van der Waals surface area contributed by atoms with Gasteiger partial charge in [-0.3, -0.25) is 4.79 Å². The van der Waals surface area contributed by atoms with Crippen LogP contribution in [-0.4, -0.2) is 84.6 Å². The fourth-order valence-corrected chi connectivity index (χ4v) is 1.84. The topological polar surface area (TPSA) is 151 Å². The van der Waals surface area contributed by atoms with E-state index < -0.39 is 43.0 Å². The zero-order valence-corrected chi connectivity index (χ0v) is 12.2.